The summed E-state index contributed by atoms with van der Waals surface area (Å²) in [7, 11) is 1.82. The molecule has 0 aliphatic heterocycles. The monoisotopic (exact) mass is 629 g/mol. The second kappa shape index (κ2) is 16.4. The van der Waals surface area contributed by atoms with Crippen molar-refractivity contribution in [1.29, 1.82) is 0 Å². The standard InChI is InChI=1S/C37H51N5O4/c1-8-12-14-26(10-3)22-45-31-18-16-29(33(43)24(31)5)36-39-35(28-20-38-42(7)21-28)40-37(41-36)30-17-19-32(25(6)34(30)44)46-23-27(11-4)15-13-9-2/h16-21,26-27,43-44H,8-15,22-23H2,1-7H3. The Kier molecular flexibility index (Phi) is 12.4. The number of aromatic hydroxyl groups is 2. The van der Waals surface area contributed by atoms with Gasteiger partial charge in [0.2, 0.25) is 0 Å². The normalized spacial score (nSPS) is 12.7. The largest absolute Gasteiger partial charge is 0.507 e. The maximum atomic E-state index is 11.4. The van der Waals surface area contributed by atoms with Crippen molar-refractivity contribution in [3.8, 4) is 57.2 Å². The van der Waals surface area contributed by atoms with E-state index < -0.39 is 0 Å². The van der Waals surface area contributed by atoms with E-state index in [1.165, 1.54) is 12.8 Å². The molecule has 2 aromatic carbocycles. The minimum atomic E-state index is 0.0473. The molecule has 9 heteroatoms. The first-order valence-electron chi connectivity index (χ1n) is 16.9. The van der Waals surface area contributed by atoms with Gasteiger partial charge in [0, 0.05) is 24.4 Å². The number of aromatic nitrogens is 5. The predicted molar refractivity (Wildman–Crippen MR) is 183 cm³/mol. The van der Waals surface area contributed by atoms with Crippen molar-refractivity contribution in [3.63, 3.8) is 0 Å². The Morgan fingerprint density at radius 2 is 1.15 bits per heavy atom. The molecule has 46 heavy (non-hydrogen) atoms. The van der Waals surface area contributed by atoms with Crippen LogP contribution in [-0.4, -0.2) is 48.2 Å². The zero-order chi connectivity index (χ0) is 33.2. The first kappa shape index (κ1) is 34.7. The number of nitrogens with zero attached hydrogens (tertiary/aromatic N) is 5. The summed E-state index contributed by atoms with van der Waals surface area (Å²) in [6.07, 6.45) is 12.5. The summed E-state index contributed by atoms with van der Waals surface area (Å²) in [4.78, 5) is 14.2. The highest BCUT2D eigenvalue weighted by Gasteiger charge is 2.21. The molecule has 9 nitrogen and oxygen atoms in total. The lowest BCUT2D eigenvalue weighted by Crippen LogP contribution is -2.12. The van der Waals surface area contributed by atoms with Crippen LogP contribution < -0.4 is 9.47 Å². The van der Waals surface area contributed by atoms with Crippen LogP contribution in [0.5, 0.6) is 23.0 Å². The van der Waals surface area contributed by atoms with Crippen molar-refractivity contribution >= 4 is 0 Å². The van der Waals surface area contributed by atoms with Crippen molar-refractivity contribution in [2.24, 2.45) is 18.9 Å². The van der Waals surface area contributed by atoms with E-state index >= 15 is 0 Å². The van der Waals surface area contributed by atoms with Crippen LogP contribution in [0.2, 0.25) is 0 Å². The van der Waals surface area contributed by atoms with Crippen LogP contribution in [-0.2, 0) is 7.05 Å². The average molecular weight is 630 g/mol. The molecule has 2 heterocycles. The second-order valence-electron chi connectivity index (χ2n) is 12.3. The van der Waals surface area contributed by atoms with E-state index in [2.05, 4.69) is 32.8 Å². The Balaban J connectivity index is 1.69. The van der Waals surface area contributed by atoms with Gasteiger partial charge in [-0.1, -0.05) is 66.2 Å². The van der Waals surface area contributed by atoms with Gasteiger partial charge in [0.15, 0.2) is 17.5 Å². The topological polar surface area (TPSA) is 115 Å². The Bertz CT molecular complexity index is 1490. The van der Waals surface area contributed by atoms with E-state index in [-0.39, 0.29) is 23.1 Å². The van der Waals surface area contributed by atoms with Gasteiger partial charge in [-0.25, -0.2) is 15.0 Å². The van der Waals surface area contributed by atoms with E-state index in [1.54, 1.807) is 23.0 Å². The highest BCUT2D eigenvalue weighted by Crippen LogP contribution is 2.40. The quantitative estimate of drug-likeness (QED) is 0.119. The molecule has 2 N–H and O–H groups in total. The zero-order valence-corrected chi connectivity index (χ0v) is 28.6. The molecule has 0 aliphatic rings. The fourth-order valence-corrected chi connectivity index (χ4v) is 5.53. The van der Waals surface area contributed by atoms with E-state index in [4.69, 9.17) is 24.4 Å². The average Bonchev–Trinajstić information content (AvgIpc) is 3.51. The number of phenolic OH excluding ortho intramolecular Hbond substituents is 2. The van der Waals surface area contributed by atoms with Crippen LogP contribution in [0.4, 0.5) is 0 Å². The summed E-state index contributed by atoms with van der Waals surface area (Å²) in [5.74, 6) is 3.26. The molecule has 0 spiro atoms. The maximum Gasteiger partial charge on any atom is 0.167 e. The Labute approximate surface area is 274 Å². The summed E-state index contributed by atoms with van der Waals surface area (Å²) in [5, 5.41) is 27.0. The van der Waals surface area contributed by atoms with Gasteiger partial charge in [-0.2, -0.15) is 5.10 Å². The fraction of sp³-hybridized carbons (Fsp3) is 0.514. The molecular weight excluding hydrogens is 578 g/mol. The molecule has 4 aromatic rings. The van der Waals surface area contributed by atoms with Crippen LogP contribution in [0.25, 0.3) is 34.2 Å². The first-order valence-corrected chi connectivity index (χ1v) is 16.9. The molecule has 0 saturated carbocycles. The Hall–Kier alpha value is -4.14. The van der Waals surface area contributed by atoms with Gasteiger partial charge in [0.25, 0.3) is 0 Å². The molecule has 4 rings (SSSR count). The summed E-state index contributed by atoms with van der Waals surface area (Å²) in [5.41, 5.74) is 2.83. The summed E-state index contributed by atoms with van der Waals surface area (Å²) < 4.78 is 14.0. The lowest BCUT2D eigenvalue weighted by atomic mass is 10.0. The van der Waals surface area contributed by atoms with Crippen LogP contribution in [0.1, 0.15) is 90.2 Å². The van der Waals surface area contributed by atoms with Crippen molar-refractivity contribution in [2.45, 2.75) is 92.9 Å². The number of hydrogen-bond donors (Lipinski definition) is 2. The summed E-state index contributed by atoms with van der Waals surface area (Å²) in [6.45, 7) is 13.7. The smallest absolute Gasteiger partial charge is 0.167 e. The summed E-state index contributed by atoms with van der Waals surface area (Å²) in [6, 6.07) is 7.28. The van der Waals surface area contributed by atoms with E-state index in [0.29, 0.717) is 70.2 Å². The van der Waals surface area contributed by atoms with Crippen molar-refractivity contribution in [3.05, 3.63) is 47.8 Å². The molecule has 0 amide bonds. The third kappa shape index (κ3) is 8.36. The fourth-order valence-electron chi connectivity index (χ4n) is 5.53. The van der Waals surface area contributed by atoms with Gasteiger partial charge in [0.05, 0.1) is 36.1 Å². The van der Waals surface area contributed by atoms with E-state index in [1.807, 2.05) is 39.2 Å². The Morgan fingerprint density at radius 1 is 0.696 bits per heavy atom. The number of aryl methyl sites for hydroxylation is 1. The number of ether oxygens (including phenoxy) is 2. The highest BCUT2D eigenvalue weighted by molar-refractivity contribution is 5.74. The zero-order valence-electron chi connectivity index (χ0n) is 28.6. The van der Waals surface area contributed by atoms with Gasteiger partial charge in [-0.3, -0.25) is 4.68 Å². The SMILES string of the molecule is CCCCC(CC)COc1ccc(-c2nc(-c3cnn(C)c3)nc(-c3ccc(OCC(CC)CCCC)c(C)c3O)n2)c(O)c1C. The molecule has 2 aromatic heterocycles. The van der Waals surface area contributed by atoms with Crippen LogP contribution in [0.3, 0.4) is 0 Å². The van der Waals surface area contributed by atoms with E-state index in [9.17, 15) is 10.2 Å². The van der Waals surface area contributed by atoms with Crippen molar-refractivity contribution < 1.29 is 19.7 Å². The van der Waals surface area contributed by atoms with Crippen LogP contribution in [0.15, 0.2) is 36.7 Å². The van der Waals surface area contributed by atoms with Gasteiger partial charge in [-0.05, 0) is 62.8 Å². The molecule has 0 fully saturated rings. The number of phenols is 2. The van der Waals surface area contributed by atoms with Gasteiger partial charge < -0.3 is 19.7 Å². The van der Waals surface area contributed by atoms with Crippen molar-refractivity contribution in [1.82, 2.24) is 24.7 Å². The molecule has 0 radical (unpaired) electrons. The lowest BCUT2D eigenvalue weighted by Gasteiger charge is -2.18. The van der Waals surface area contributed by atoms with Crippen molar-refractivity contribution in [2.75, 3.05) is 13.2 Å². The third-order valence-electron chi connectivity index (χ3n) is 8.88. The molecule has 248 valence electrons. The molecule has 0 aliphatic carbocycles. The molecule has 0 saturated heterocycles. The second-order valence-corrected chi connectivity index (χ2v) is 12.3. The van der Waals surface area contributed by atoms with Gasteiger partial charge >= 0.3 is 0 Å². The summed E-state index contributed by atoms with van der Waals surface area (Å²) >= 11 is 0. The van der Waals surface area contributed by atoms with E-state index in [0.717, 1.165) is 38.5 Å². The minimum absolute atomic E-state index is 0.0473. The van der Waals surface area contributed by atoms with Gasteiger partial charge in [-0.15, -0.1) is 0 Å². The lowest BCUT2D eigenvalue weighted by molar-refractivity contribution is 0.231. The van der Waals surface area contributed by atoms with Crippen LogP contribution >= 0.6 is 0 Å². The first-order chi connectivity index (χ1) is 22.2. The molecular formula is C37H51N5O4. The number of unbranched alkanes of at least 4 members (excludes halogenated alkanes) is 2. The highest BCUT2D eigenvalue weighted by atomic mass is 16.5. The van der Waals surface area contributed by atoms with Crippen LogP contribution in [0, 0.1) is 25.7 Å². The predicted octanol–water partition coefficient (Wildman–Crippen LogP) is 8.82. The molecule has 0 bridgehead atoms. The third-order valence-corrected chi connectivity index (χ3v) is 8.88. The Morgan fingerprint density at radius 3 is 1.54 bits per heavy atom. The number of rotatable bonds is 17. The minimum Gasteiger partial charge on any atom is -0.507 e. The number of benzene rings is 2. The molecule has 2 atom stereocenters. The molecule has 2 unspecified atom stereocenters. The van der Waals surface area contributed by atoms with Gasteiger partial charge in [0.1, 0.15) is 23.0 Å². The number of hydrogen-bond acceptors (Lipinski definition) is 8. The maximum absolute atomic E-state index is 11.4.